The van der Waals surface area contributed by atoms with E-state index in [1.807, 2.05) is 24.3 Å². The number of carbonyl (C=O) groups excluding carboxylic acids is 1. The van der Waals surface area contributed by atoms with Crippen LogP contribution >= 0.6 is 27.5 Å². The number of benzene rings is 1. The summed E-state index contributed by atoms with van der Waals surface area (Å²) in [5.74, 6) is -0.163. The third-order valence-corrected chi connectivity index (χ3v) is 2.45. The molecule has 0 aliphatic carbocycles. The van der Waals surface area contributed by atoms with E-state index in [0.29, 0.717) is 29.8 Å². The molecule has 0 atom stereocenters. The molecule has 0 aromatic heterocycles. The summed E-state index contributed by atoms with van der Waals surface area (Å²) in [4.78, 5) is 11.2. The van der Waals surface area contributed by atoms with Crippen LogP contribution in [0.1, 0.15) is 12.0 Å². The van der Waals surface area contributed by atoms with Gasteiger partial charge in [0, 0.05) is 16.8 Å². The van der Waals surface area contributed by atoms with Crippen molar-refractivity contribution in [3.63, 3.8) is 0 Å². The highest BCUT2D eigenvalue weighted by molar-refractivity contribution is 9.09. The van der Waals surface area contributed by atoms with Crippen LogP contribution in [0.25, 0.3) is 0 Å². The topological polar surface area (TPSA) is 26.3 Å². The van der Waals surface area contributed by atoms with Gasteiger partial charge in [-0.3, -0.25) is 4.79 Å². The maximum atomic E-state index is 11.2. The Hall–Kier alpha value is -0.540. The molecule has 0 spiro atoms. The number of hydrogen-bond donors (Lipinski definition) is 0. The lowest BCUT2D eigenvalue weighted by Gasteiger charge is -2.02. The van der Waals surface area contributed by atoms with Crippen molar-refractivity contribution in [3.05, 3.63) is 34.9 Å². The lowest BCUT2D eigenvalue weighted by Crippen LogP contribution is -2.07. The number of carbonyl (C=O) groups is 1. The van der Waals surface area contributed by atoms with Gasteiger partial charge >= 0.3 is 5.97 Å². The van der Waals surface area contributed by atoms with Crippen LogP contribution < -0.4 is 0 Å². The quantitative estimate of drug-likeness (QED) is 0.615. The van der Waals surface area contributed by atoms with Gasteiger partial charge in [0.25, 0.3) is 0 Å². The van der Waals surface area contributed by atoms with Crippen molar-refractivity contribution in [1.29, 1.82) is 0 Å². The fraction of sp³-hybridized carbons (Fsp3) is 0.364. The van der Waals surface area contributed by atoms with Gasteiger partial charge in [-0.25, -0.2) is 0 Å². The molecule has 0 aliphatic heterocycles. The normalized spacial score (nSPS) is 10.0. The highest BCUT2D eigenvalue weighted by atomic mass is 79.9. The number of halogens is 2. The van der Waals surface area contributed by atoms with Crippen LogP contribution in [0.5, 0.6) is 0 Å². The molecule has 0 amide bonds. The van der Waals surface area contributed by atoms with E-state index in [1.165, 1.54) is 0 Å². The molecule has 2 nitrogen and oxygen atoms in total. The largest absolute Gasteiger partial charge is 0.465 e. The van der Waals surface area contributed by atoms with Crippen molar-refractivity contribution in [1.82, 2.24) is 0 Å². The minimum Gasteiger partial charge on any atom is -0.465 e. The molecule has 0 fully saturated rings. The van der Waals surface area contributed by atoms with Gasteiger partial charge in [0.05, 0.1) is 0 Å². The van der Waals surface area contributed by atoms with Gasteiger partial charge in [-0.05, 0) is 24.1 Å². The van der Waals surface area contributed by atoms with E-state index in [4.69, 9.17) is 16.3 Å². The van der Waals surface area contributed by atoms with Crippen LogP contribution in [0, 0.1) is 0 Å². The van der Waals surface area contributed by atoms with Gasteiger partial charge in [-0.1, -0.05) is 39.7 Å². The van der Waals surface area contributed by atoms with Crippen LogP contribution in [-0.2, 0) is 16.0 Å². The summed E-state index contributed by atoms with van der Waals surface area (Å²) in [6, 6.07) is 7.47. The first-order chi connectivity index (χ1) is 7.22. The Morgan fingerprint density at radius 2 is 2.00 bits per heavy atom. The fourth-order valence-electron chi connectivity index (χ4n) is 1.12. The Morgan fingerprint density at radius 1 is 1.33 bits per heavy atom. The van der Waals surface area contributed by atoms with Gasteiger partial charge in [-0.2, -0.15) is 0 Å². The Bertz CT molecular complexity index is 311. The van der Waals surface area contributed by atoms with Crippen molar-refractivity contribution < 1.29 is 9.53 Å². The molecule has 82 valence electrons. The van der Waals surface area contributed by atoms with Gasteiger partial charge in [-0.15, -0.1) is 0 Å². The fourth-order valence-corrected chi connectivity index (χ4v) is 1.41. The number of aryl methyl sites for hydroxylation is 1. The first kappa shape index (κ1) is 12.5. The van der Waals surface area contributed by atoms with E-state index < -0.39 is 0 Å². The molecule has 0 radical (unpaired) electrons. The highest BCUT2D eigenvalue weighted by Crippen LogP contribution is 2.11. The third-order valence-electron chi connectivity index (χ3n) is 1.87. The summed E-state index contributed by atoms with van der Waals surface area (Å²) in [6.07, 6.45) is 1.10. The molecule has 0 unspecified atom stereocenters. The van der Waals surface area contributed by atoms with E-state index in [-0.39, 0.29) is 5.97 Å². The van der Waals surface area contributed by atoms with Crippen LogP contribution in [-0.4, -0.2) is 17.9 Å². The maximum Gasteiger partial charge on any atom is 0.306 e. The number of rotatable bonds is 5. The molecule has 4 heteroatoms. The number of alkyl halides is 1. The van der Waals surface area contributed by atoms with Crippen LogP contribution in [0.2, 0.25) is 5.02 Å². The second-order valence-corrected chi connectivity index (χ2v) is 4.27. The first-order valence-electron chi connectivity index (χ1n) is 4.68. The average molecular weight is 292 g/mol. The predicted molar refractivity (Wildman–Crippen MR) is 64.5 cm³/mol. The molecular formula is C11H12BrClO2. The minimum absolute atomic E-state index is 0.163. The molecule has 1 rings (SSSR count). The monoisotopic (exact) mass is 290 g/mol. The Kier molecular flexibility index (Phi) is 5.73. The van der Waals surface area contributed by atoms with Gasteiger partial charge in [0.2, 0.25) is 0 Å². The molecule has 15 heavy (non-hydrogen) atoms. The van der Waals surface area contributed by atoms with Gasteiger partial charge < -0.3 is 4.74 Å². The molecule has 0 aliphatic rings. The Morgan fingerprint density at radius 3 is 2.60 bits per heavy atom. The van der Waals surface area contributed by atoms with Crippen molar-refractivity contribution in [2.45, 2.75) is 12.8 Å². The minimum atomic E-state index is -0.163. The summed E-state index contributed by atoms with van der Waals surface area (Å²) in [5.41, 5.74) is 1.09. The third kappa shape index (κ3) is 5.19. The zero-order valence-corrected chi connectivity index (χ0v) is 10.6. The summed E-state index contributed by atoms with van der Waals surface area (Å²) in [5, 5.41) is 1.39. The van der Waals surface area contributed by atoms with Crippen LogP contribution in [0.3, 0.4) is 0 Å². The maximum absolute atomic E-state index is 11.2. The first-order valence-corrected chi connectivity index (χ1v) is 6.18. The zero-order chi connectivity index (χ0) is 11.1. The van der Waals surface area contributed by atoms with Crippen molar-refractivity contribution in [2.75, 3.05) is 11.9 Å². The van der Waals surface area contributed by atoms with E-state index in [9.17, 15) is 4.79 Å². The molecule has 0 N–H and O–H groups in total. The molecule has 0 saturated heterocycles. The van der Waals surface area contributed by atoms with Crippen molar-refractivity contribution >= 4 is 33.5 Å². The summed E-state index contributed by atoms with van der Waals surface area (Å²) < 4.78 is 4.92. The lowest BCUT2D eigenvalue weighted by molar-refractivity contribution is -0.142. The summed E-state index contributed by atoms with van der Waals surface area (Å²) in [6.45, 7) is 0.430. The smallest absolute Gasteiger partial charge is 0.306 e. The zero-order valence-electron chi connectivity index (χ0n) is 8.21. The molecular weight excluding hydrogens is 279 g/mol. The van der Waals surface area contributed by atoms with Gasteiger partial charge in [0.1, 0.15) is 6.61 Å². The predicted octanol–water partition coefficient (Wildman–Crippen LogP) is 3.21. The second kappa shape index (κ2) is 6.85. The number of esters is 1. The lowest BCUT2D eigenvalue weighted by atomic mass is 10.1. The Labute approximate surface area is 103 Å². The second-order valence-electron chi connectivity index (χ2n) is 3.04. The highest BCUT2D eigenvalue weighted by Gasteiger charge is 2.02. The van der Waals surface area contributed by atoms with E-state index in [0.717, 1.165) is 5.56 Å². The Balaban J connectivity index is 2.30. The SMILES string of the molecule is O=C(CCc1ccc(Cl)cc1)OCCBr. The van der Waals surface area contributed by atoms with Gasteiger partial charge in [0.15, 0.2) is 0 Å². The van der Waals surface area contributed by atoms with E-state index in [2.05, 4.69) is 15.9 Å². The van der Waals surface area contributed by atoms with E-state index in [1.54, 1.807) is 0 Å². The number of ether oxygens (including phenoxy) is 1. The molecule has 0 bridgehead atoms. The van der Waals surface area contributed by atoms with E-state index >= 15 is 0 Å². The standard InChI is InChI=1S/C11H12BrClO2/c12-7-8-15-11(14)6-3-9-1-4-10(13)5-2-9/h1-2,4-5H,3,6-8H2. The summed E-state index contributed by atoms with van der Waals surface area (Å²) >= 11 is 8.94. The molecule has 0 saturated carbocycles. The summed E-state index contributed by atoms with van der Waals surface area (Å²) in [7, 11) is 0. The number of hydrogen-bond acceptors (Lipinski definition) is 2. The van der Waals surface area contributed by atoms with Crippen molar-refractivity contribution in [3.8, 4) is 0 Å². The molecule has 1 aromatic carbocycles. The molecule has 1 aromatic rings. The molecule has 0 heterocycles. The average Bonchev–Trinajstić information content (AvgIpc) is 2.25. The van der Waals surface area contributed by atoms with Crippen LogP contribution in [0.15, 0.2) is 24.3 Å². The van der Waals surface area contributed by atoms with Crippen LogP contribution in [0.4, 0.5) is 0 Å². The van der Waals surface area contributed by atoms with Crippen molar-refractivity contribution in [2.24, 2.45) is 0 Å².